The van der Waals surface area contributed by atoms with Crippen LogP contribution in [0.4, 0.5) is 14.5 Å². The standard InChI is InChI=1S/C8H7F2N3O2/c9-4-1-2-6(5(10)3-4)12-13-7(11)8(14)15/h1-3,12H,(H2,11,13)(H,14,15). The first-order chi connectivity index (χ1) is 7.00. The van der Waals surface area contributed by atoms with Crippen molar-refractivity contribution in [3.05, 3.63) is 29.8 Å². The van der Waals surface area contributed by atoms with Gasteiger partial charge < -0.3 is 10.8 Å². The first kappa shape index (κ1) is 10.9. The molecule has 0 atom stereocenters. The molecule has 0 aliphatic rings. The largest absolute Gasteiger partial charge is 0.475 e. The molecule has 0 aliphatic carbocycles. The number of hydrazone groups is 1. The highest BCUT2D eigenvalue weighted by molar-refractivity contribution is 6.33. The summed E-state index contributed by atoms with van der Waals surface area (Å²) in [6.07, 6.45) is 0. The number of nitrogens with zero attached hydrogens (tertiary/aromatic N) is 1. The van der Waals surface area contributed by atoms with Crippen molar-refractivity contribution in [1.29, 1.82) is 0 Å². The number of aliphatic carboxylic acids is 1. The summed E-state index contributed by atoms with van der Waals surface area (Å²) < 4.78 is 25.4. The van der Waals surface area contributed by atoms with Crippen LogP contribution in [-0.2, 0) is 4.79 Å². The molecule has 1 aromatic carbocycles. The molecular weight excluding hydrogens is 208 g/mol. The van der Waals surface area contributed by atoms with E-state index in [1.54, 1.807) is 0 Å². The van der Waals surface area contributed by atoms with Crippen LogP contribution >= 0.6 is 0 Å². The maximum Gasteiger partial charge on any atom is 0.373 e. The number of hydrogen-bond donors (Lipinski definition) is 3. The van der Waals surface area contributed by atoms with E-state index in [0.29, 0.717) is 6.07 Å². The van der Waals surface area contributed by atoms with Crippen molar-refractivity contribution >= 4 is 17.5 Å². The first-order valence-electron chi connectivity index (χ1n) is 3.78. The van der Waals surface area contributed by atoms with Gasteiger partial charge in [-0.05, 0) is 12.1 Å². The molecule has 0 saturated carbocycles. The summed E-state index contributed by atoms with van der Waals surface area (Å²) in [7, 11) is 0. The minimum atomic E-state index is -1.44. The Kier molecular flexibility index (Phi) is 3.17. The Bertz CT molecular complexity index is 420. The number of anilines is 1. The number of amidine groups is 1. The van der Waals surface area contributed by atoms with Gasteiger partial charge in [-0.15, -0.1) is 5.10 Å². The third-order valence-corrected chi connectivity index (χ3v) is 1.45. The minimum absolute atomic E-state index is 0.166. The highest BCUT2D eigenvalue weighted by atomic mass is 19.1. The predicted octanol–water partition coefficient (Wildman–Crippen LogP) is 0.734. The van der Waals surface area contributed by atoms with Crippen LogP contribution in [0.1, 0.15) is 0 Å². The van der Waals surface area contributed by atoms with Crippen molar-refractivity contribution in [2.45, 2.75) is 0 Å². The molecule has 5 nitrogen and oxygen atoms in total. The lowest BCUT2D eigenvalue weighted by molar-refractivity contribution is -0.129. The van der Waals surface area contributed by atoms with Gasteiger partial charge in [-0.25, -0.2) is 13.6 Å². The zero-order chi connectivity index (χ0) is 11.4. The molecule has 0 saturated heterocycles. The molecular formula is C8H7F2N3O2. The lowest BCUT2D eigenvalue weighted by Crippen LogP contribution is -2.24. The Morgan fingerprint density at radius 2 is 2.13 bits per heavy atom. The monoisotopic (exact) mass is 215 g/mol. The molecule has 7 heteroatoms. The molecule has 0 aromatic heterocycles. The molecule has 15 heavy (non-hydrogen) atoms. The molecule has 0 amide bonds. The number of rotatable bonds is 2. The Morgan fingerprint density at radius 3 is 2.67 bits per heavy atom. The Morgan fingerprint density at radius 1 is 1.47 bits per heavy atom. The number of hydrogen-bond acceptors (Lipinski definition) is 3. The van der Waals surface area contributed by atoms with Crippen LogP contribution in [0.2, 0.25) is 0 Å². The van der Waals surface area contributed by atoms with Gasteiger partial charge in [0, 0.05) is 6.07 Å². The molecule has 0 bridgehead atoms. The highest BCUT2D eigenvalue weighted by Crippen LogP contribution is 2.14. The van der Waals surface area contributed by atoms with Gasteiger partial charge in [0.2, 0.25) is 5.84 Å². The Labute approximate surface area is 83.2 Å². The first-order valence-corrected chi connectivity index (χ1v) is 3.78. The third-order valence-electron chi connectivity index (χ3n) is 1.45. The lowest BCUT2D eigenvalue weighted by atomic mass is 10.3. The maximum atomic E-state index is 12.9. The molecule has 0 unspecified atom stereocenters. The normalized spacial score (nSPS) is 11.2. The van der Waals surface area contributed by atoms with Gasteiger partial charge in [-0.3, -0.25) is 5.43 Å². The number of halogens is 2. The van der Waals surface area contributed by atoms with Gasteiger partial charge >= 0.3 is 5.97 Å². The molecule has 0 aliphatic heterocycles. The minimum Gasteiger partial charge on any atom is -0.475 e. The maximum absolute atomic E-state index is 12.9. The van der Waals surface area contributed by atoms with E-state index in [9.17, 15) is 13.6 Å². The van der Waals surface area contributed by atoms with Gasteiger partial charge in [0.15, 0.2) is 5.82 Å². The van der Waals surface area contributed by atoms with Crippen LogP contribution in [0.5, 0.6) is 0 Å². The second-order valence-electron chi connectivity index (χ2n) is 2.54. The molecule has 0 spiro atoms. The number of benzene rings is 1. The van der Waals surface area contributed by atoms with Gasteiger partial charge in [0.25, 0.3) is 0 Å². The number of nitrogens with two attached hydrogens (primary N) is 1. The van der Waals surface area contributed by atoms with Crippen LogP contribution in [0, 0.1) is 11.6 Å². The molecule has 80 valence electrons. The van der Waals surface area contributed by atoms with E-state index in [2.05, 4.69) is 10.5 Å². The summed E-state index contributed by atoms with van der Waals surface area (Å²) >= 11 is 0. The number of carboxylic acids is 1. The number of carbonyl (C=O) groups is 1. The fourth-order valence-corrected chi connectivity index (χ4v) is 0.748. The highest BCUT2D eigenvalue weighted by Gasteiger charge is 2.05. The van der Waals surface area contributed by atoms with Gasteiger partial charge in [-0.2, -0.15) is 0 Å². The summed E-state index contributed by atoms with van der Waals surface area (Å²) in [4.78, 5) is 10.2. The smallest absolute Gasteiger partial charge is 0.373 e. The average Bonchev–Trinajstić information content (AvgIpc) is 2.15. The van der Waals surface area contributed by atoms with Crippen molar-refractivity contribution in [2.75, 3.05) is 5.43 Å². The van der Waals surface area contributed by atoms with Crippen molar-refractivity contribution in [3.8, 4) is 0 Å². The van der Waals surface area contributed by atoms with E-state index in [1.807, 2.05) is 0 Å². The van der Waals surface area contributed by atoms with Crippen LogP contribution in [0.3, 0.4) is 0 Å². The fourth-order valence-electron chi connectivity index (χ4n) is 0.748. The summed E-state index contributed by atoms with van der Waals surface area (Å²) in [6.45, 7) is 0. The Balaban J connectivity index is 2.82. The van der Waals surface area contributed by atoms with Crippen LogP contribution in [0.25, 0.3) is 0 Å². The molecule has 1 rings (SSSR count). The summed E-state index contributed by atoms with van der Waals surface area (Å²) in [5.41, 5.74) is 6.83. The topological polar surface area (TPSA) is 87.7 Å². The molecule has 4 N–H and O–H groups in total. The van der Waals surface area contributed by atoms with Gasteiger partial charge in [0.05, 0.1) is 5.69 Å². The lowest BCUT2D eigenvalue weighted by Gasteiger charge is -2.01. The summed E-state index contributed by atoms with van der Waals surface area (Å²) in [5.74, 6) is -3.80. The second-order valence-corrected chi connectivity index (χ2v) is 2.54. The van der Waals surface area contributed by atoms with E-state index < -0.39 is 23.4 Å². The van der Waals surface area contributed by atoms with E-state index >= 15 is 0 Å². The van der Waals surface area contributed by atoms with Crippen molar-refractivity contribution in [3.63, 3.8) is 0 Å². The zero-order valence-electron chi connectivity index (χ0n) is 7.37. The van der Waals surface area contributed by atoms with Crippen LogP contribution < -0.4 is 11.2 Å². The molecule has 0 heterocycles. The third kappa shape index (κ3) is 2.90. The van der Waals surface area contributed by atoms with Crippen LogP contribution in [-0.4, -0.2) is 16.9 Å². The average molecular weight is 215 g/mol. The number of carboxylic acid groups (broad SMARTS) is 1. The van der Waals surface area contributed by atoms with Crippen molar-refractivity contribution in [1.82, 2.24) is 0 Å². The van der Waals surface area contributed by atoms with E-state index in [-0.39, 0.29) is 5.69 Å². The summed E-state index contributed by atoms with van der Waals surface area (Å²) in [6, 6.07) is 2.70. The van der Waals surface area contributed by atoms with E-state index in [1.165, 1.54) is 0 Å². The fraction of sp³-hybridized carbons (Fsp3) is 0. The van der Waals surface area contributed by atoms with Crippen molar-refractivity contribution in [2.24, 2.45) is 10.8 Å². The Hall–Kier alpha value is -2.18. The second kappa shape index (κ2) is 4.36. The number of nitrogens with one attached hydrogen (secondary N) is 1. The van der Waals surface area contributed by atoms with Crippen LogP contribution in [0.15, 0.2) is 23.3 Å². The van der Waals surface area contributed by atoms with Gasteiger partial charge in [-0.1, -0.05) is 0 Å². The molecule has 1 aromatic rings. The zero-order valence-corrected chi connectivity index (χ0v) is 7.37. The van der Waals surface area contributed by atoms with E-state index in [4.69, 9.17) is 10.8 Å². The molecule has 0 radical (unpaired) electrons. The van der Waals surface area contributed by atoms with E-state index in [0.717, 1.165) is 12.1 Å². The quantitative estimate of drug-likeness (QED) is 0.385. The van der Waals surface area contributed by atoms with Crippen molar-refractivity contribution < 1.29 is 18.7 Å². The summed E-state index contributed by atoms with van der Waals surface area (Å²) in [5, 5.41) is 11.5. The van der Waals surface area contributed by atoms with Gasteiger partial charge in [0.1, 0.15) is 5.82 Å². The molecule has 0 fully saturated rings. The predicted molar refractivity (Wildman–Crippen MR) is 49.2 cm³/mol. The SMILES string of the molecule is N/C(=N/Nc1ccc(F)cc1F)C(=O)O.